The predicted octanol–water partition coefficient (Wildman–Crippen LogP) is 3.98. The summed E-state index contributed by atoms with van der Waals surface area (Å²) in [7, 11) is 0. The van der Waals surface area contributed by atoms with Gasteiger partial charge in [-0.2, -0.15) is 0 Å². The maximum Gasteiger partial charge on any atom is 0.229 e. The zero-order valence-corrected chi connectivity index (χ0v) is 14.2. The van der Waals surface area contributed by atoms with Gasteiger partial charge in [-0.3, -0.25) is 0 Å². The summed E-state index contributed by atoms with van der Waals surface area (Å²) < 4.78 is 14.3. The van der Waals surface area contributed by atoms with Gasteiger partial charge in [0.15, 0.2) is 5.82 Å². The van der Waals surface area contributed by atoms with Crippen LogP contribution in [-0.2, 0) is 0 Å². The number of fused-ring (bicyclic) bond motifs is 1. The van der Waals surface area contributed by atoms with Gasteiger partial charge >= 0.3 is 0 Å². The molecule has 128 valence electrons. The monoisotopic (exact) mass is 346 g/mol. The minimum Gasteiger partial charge on any atom is -0.309 e. The standard InChI is InChI=1S/C19H15FN6/c1-11-12(2)24-16-9-13(6-7-15(16)23-11)18-14(20)10-22-19(26-18)25-17-5-3-4-8-21-17/h3-10H,1-2H3,(H,21,22,25,26). The Morgan fingerprint density at radius 2 is 1.69 bits per heavy atom. The van der Waals surface area contributed by atoms with E-state index in [4.69, 9.17) is 0 Å². The molecule has 6 nitrogen and oxygen atoms in total. The van der Waals surface area contributed by atoms with Crippen molar-refractivity contribution in [2.24, 2.45) is 0 Å². The van der Waals surface area contributed by atoms with Crippen LogP contribution in [0.2, 0.25) is 0 Å². The summed E-state index contributed by atoms with van der Waals surface area (Å²) in [5, 5.41) is 2.97. The molecule has 0 aliphatic rings. The summed E-state index contributed by atoms with van der Waals surface area (Å²) in [6.45, 7) is 3.81. The molecule has 26 heavy (non-hydrogen) atoms. The van der Waals surface area contributed by atoms with Crippen molar-refractivity contribution in [1.82, 2.24) is 24.9 Å². The molecule has 4 aromatic rings. The van der Waals surface area contributed by atoms with E-state index in [2.05, 4.69) is 30.2 Å². The molecule has 0 radical (unpaired) electrons. The minimum atomic E-state index is -0.507. The smallest absolute Gasteiger partial charge is 0.229 e. The van der Waals surface area contributed by atoms with Crippen LogP contribution >= 0.6 is 0 Å². The summed E-state index contributed by atoms with van der Waals surface area (Å²) in [6.07, 6.45) is 2.79. The maximum atomic E-state index is 14.3. The third-order valence-electron chi connectivity index (χ3n) is 4.00. The van der Waals surface area contributed by atoms with Gasteiger partial charge < -0.3 is 5.32 Å². The van der Waals surface area contributed by atoms with Crippen LogP contribution < -0.4 is 5.32 Å². The van der Waals surface area contributed by atoms with Gasteiger partial charge in [0.1, 0.15) is 11.5 Å². The van der Waals surface area contributed by atoms with Crippen molar-refractivity contribution in [3.63, 3.8) is 0 Å². The third-order valence-corrected chi connectivity index (χ3v) is 4.00. The molecule has 4 rings (SSSR count). The first-order valence-corrected chi connectivity index (χ1v) is 8.06. The molecule has 3 heterocycles. The molecule has 1 aromatic carbocycles. The van der Waals surface area contributed by atoms with Gasteiger partial charge in [-0.1, -0.05) is 12.1 Å². The second kappa shape index (κ2) is 6.44. The molecule has 0 aliphatic carbocycles. The van der Waals surface area contributed by atoms with E-state index in [1.165, 1.54) is 0 Å². The van der Waals surface area contributed by atoms with Crippen molar-refractivity contribution >= 4 is 22.8 Å². The lowest BCUT2D eigenvalue weighted by atomic mass is 10.1. The van der Waals surface area contributed by atoms with Crippen LogP contribution in [0.15, 0.2) is 48.8 Å². The Kier molecular flexibility index (Phi) is 3.96. The van der Waals surface area contributed by atoms with Crippen molar-refractivity contribution in [3.05, 3.63) is 66.0 Å². The first-order valence-electron chi connectivity index (χ1n) is 8.06. The molecule has 3 aromatic heterocycles. The minimum absolute atomic E-state index is 0.195. The van der Waals surface area contributed by atoms with E-state index in [1.54, 1.807) is 24.4 Å². The van der Waals surface area contributed by atoms with Gasteiger partial charge in [0, 0.05) is 11.8 Å². The molecule has 0 bridgehead atoms. The Morgan fingerprint density at radius 3 is 2.46 bits per heavy atom. The maximum absolute atomic E-state index is 14.3. The summed E-state index contributed by atoms with van der Waals surface area (Å²) in [6, 6.07) is 10.8. The highest BCUT2D eigenvalue weighted by Gasteiger charge is 2.12. The molecule has 0 amide bonds. The molecular weight excluding hydrogens is 331 g/mol. The molecular formula is C19H15FN6. The molecule has 0 aliphatic heterocycles. The molecule has 0 saturated carbocycles. The van der Waals surface area contributed by atoms with Crippen molar-refractivity contribution < 1.29 is 4.39 Å². The van der Waals surface area contributed by atoms with Crippen LogP contribution in [0.3, 0.4) is 0 Å². The topological polar surface area (TPSA) is 76.5 Å². The van der Waals surface area contributed by atoms with Crippen molar-refractivity contribution in [1.29, 1.82) is 0 Å². The fourth-order valence-corrected chi connectivity index (χ4v) is 2.56. The Morgan fingerprint density at radius 1 is 0.885 bits per heavy atom. The lowest BCUT2D eigenvalue weighted by molar-refractivity contribution is 0.619. The molecule has 0 unspecified atom stereocenters. The molecule has 0 atom stereocenters. The number of rotatable bonds is 3. The van der Waals surface area contributed by atoms with Gasteiger partial charge in [0.2, 0.25) is 5.95 Å². The van der Waals surface area contributed by atoms with Crippen molar-refractivity contribution in [3.8, 4) is 11.3 Å². The second-order valence-electron chi connectivity index (χ2n) is 5.83. The van der Waals surface area contributed by atoms with Gasteiger partial charge in [0.25, 0.3) is 0 Å². The normalized spacial score (nSPS) is 10.9. The number of nitrogens with zero attached hydrogens (tertiary/aromatic N) is 5. The number of hydrogen-bond donors (Lipinski definition) is 1. The number of hydrogen-bond acceptors (Lipinski definition) is 6. The largest absolute Gasteiger partial charge is 0.309 e. The Balaban J connectivity index is 1.76. The highest BCUT2D eigenvalue weighted by molar-refractivity contribution is 5.81. The number of halogens is 1. The zero-order chi connectivity index (χ0) is 18.1. The van der Waals surface area contributed by atoms with E-state index in [1.807, 2.05) is 32.0 Å². The number of aromatic nitrogens is 5. The van der Waals surface area contributed by atoms with E-state index in [-0.39, 0.29) is 11.6 Å². The number of aryl methyl sites for hydroxylation is 2. The molecule has 0 fully saturated rings. The van der Waals surface area contributed by atoms with Crippen LogP contribution in [0.25, 0.3) is 22.3 Å². The summed E-state index contributed by atoms with van der Waals surface area (Å²) in [5.41, 5.74) is 3.98. The van der Waals surface area contributed by atoms with Gasteiger partial charge in [-0.05, 0) is 38.1 Å². The Hall–Kier alpha value is -3.48. The quantitative estimate of drug-likeness (QED) is 0.605. The third kappa shape index (κ3) is 3.06. The zero-order valence-electron chi connectivity index (χ0n) is 14.2. The van der Waals surface area contributed by atoms with Crippen LogP contribution in [-0.4, -0.2) is 24.9 Å². The molecule has 0 saturated heterocycles. The van der Waals surface area contributed by atoms with E-state index in [0.717, 1.165) is 23.1 Å². The molecule has 1 N–H and O–H groups in total. The van der Waals surface area contributed by atoms with Crippen LogP contribution in [0, 0.1) is 19.7 Å². The lowest BCUT2D eigenvalue weighted by Crippen LogP contribution is -2.01. The highest BCUT2D eigenvalue weighted by Crippen LogP contribution is 2.25. The summed E-state index contributed by atoms with van der Waals surface area (Å²) >= 11 is 0. The fraction of sp³-hybridized carbons (Fsp3) is 0.105. The highest BCUT2D eigenvalue weighted by atomic mass is 19.1. The number of anilines is 2. The van der Waals surface area contributed by atoms with Crippen molar-refractivity contribution in [2.75, 3.05) is 5.32 Å². The van der Waals surface area contributed by atoms with Gasteiger partial charge in [-0.15, -0.1) is 0 Å². The number of benzene rings is 1. The predicted molar refractivity (Wildman–Crippen MR) is 97.5 cm³/mol. The average Bonchev–Trinajstić information content (AvgIpc) is 2.65. The summed E-state index contributed by atoms with van der Waals surface area (Å²) in [5.74, 6) is 0.347. The molecule has 7 heteroatoms. The summed E-state index contributed by atoms with van der Waals surface area (Å²) in [4.78, 5) is 21.5. The first kappa shape index (κ1) is 16.0. The number of pyridine rings is 1. The molecule has 0 spiro atoms. The van der Waals surface area contributed by atoms with Crippen molar-refractivity contribution in [2.45, 2.75) is 13.8 Å². The van der Waals surface area contributed by atoms with E-state index in [0.29, 0.717) is 16.9 Å². The van der Waals surface area contributed by atoms with Crippen LogP contribution in [0.1, 0.15) is 11.4 Å². The Bertz CT molecular complexity index is 1100. The van der Waals surface area contributed by atoms with Gasteiger partial charge in [-0.25, -0.2) is 29.3 Å². The fourth-order valence-electron chi connectivity index (χ4n) is 2.56. The van der Waals surface area contributed by atoms with Crippen LogP contribution in [0.4, 0.5) is 16.2 Å². The average molecular weight is 346 g/mol. The van der Waals surface area contributed by atoms with E-state index in [9.17, 15) is 4.39 Å². The lowest BCUT2D eigenvalue weighted by Gasteiger charge is -2.08. The van der Waals surface area contributed by atoms with Gasteiger partial charge in [0.05, 0.1) is 28.6 Å². The Labute approximate surface area is 149 Å². The first-order chi connectivity index (χ1) is 12.6. The van der Waals surface area contributed by atoms with Crippen LogP contribution in [0.5, 0.6) is 0 Å². The van der Waals surface area contributed by atoms with E-state index < -0.39 is 5.82 Å². The SMILES string of the molecule is Cc1nc2ccc(-c3nc(Nc4ccccn4)ncc3F)cc2nc1C. The number of nitrogens with one attached hydrogen (secondary N) is 1. The van der Waals surface area contributed by atoms with E-state index >= 15 is 0 Å². The second-order valence-corrected chi connectivity index (χ2v) is 5.83.